The van der Waals surface area contributed by atoms with Crippen LogP contribution in [0.5, 0.6) is 0 Å². The van der Waals surface area contributed by atoms with Crippen LogP contribution in [0.3, 0.4) is 0 Å². The molecule has 0 radical (unpaired) electrons. The van der Waals surface area contributed by atoms with E-state index < -0.39 is 17.4 Å². The third-order valence-electron chi connectivity index (χ3n) is 2.45. The standard InChI is InChI=1S/C12H13FN2O3/c1-12(2,18)6-15-9-5-7(13)3-4-8(9)10(14-15)11(16)17/h3-5,18H,6H2,1-2H3,(H,16,17). The van der Waals surface area contributed by atoms with Gasteiger partial charge in [-0.2, -0.15) is 5.10 Å². The number of aromatic nitrogens is 2. The molecule has 0 bridgehead atoms. The lowest BCUT2D eigenvalue weighted by molar-refractivity contribution is 0.0576. The van der Waals surface area contributed by atoms with E-state index in [2.05, 4.69) is 5.10 Å². The number of nitrogens with zero attached hydrogens (tertiary/aromatic N) is 2. The summed E-state index contributed by atoms with van der Waals surface area (Å²) in [4.78, 5) is 11.0. The molecule has 2 N–H and O–H groups in total. The first kappa shape index (κ1) is 12.5. The first-order valence-electron chi connectivity index (χ1n) is 5.40. The van der Waals surface area contributed by atoms with Crippen LogP contribution in [0.2, 0.25) is 0 Å². The van der Waals surface area contributed by atoms with Gasteiger partial charge in [-0.05, 0) is 32.0 Å². The fourth-order valence-electron chi connectivity index (χ4n) is 1.79. The van der Waals surface area contributed by atoms with Crippen molar-refractivity contribution in [3.05, 3.63) is 29.7 Å². The molecule has 0 fully saturated rings. The minimum atomic E-state index is -1.18. The Morgan fingerprint density at radius 2 is 2.17 bits per heavy atom. The Morgan fingerprint density at radius 3 is 2.72 bits per heavy atom. The first-order chi connectivity index (χ1) is 8.28. The van der Waals surface area contributed by atoms with Gasteiger partial charge in [0.2, 0.25) is 0 Å². The van der Waals surface area contributed by atoms with Crippen molar-refractivity contribution in [2.45, 2.75) is 26.0 Å². The Balaban J connectivity index is 2.65. The number of fused-ring (bicyclic) bond motifs is 1. The van der Waals surface area contributed by atoms with Crippen molar-refractivity contribution in [3.8, 4) is 0 Å². The maximum absolute atomic E-state index is 13.2. The monoisotopic (exact) mass is 252 g/mol. The summed E-state index contributed by atoms with van der Waals surface area (Å²) in [6, 6.07) is 3.77. The van der Waals surface area contributed by atoms with Crippen LogP contribution in [0, 0.1) is 5.82 Å². The number of carbonyl (C=O) groups is 1. The molecule has 0 aliphatic carbocycles. The molecule has 0 aliphatic heterocycles. The van der Waals surface area contributed by atoms with E-state index in [-0.39, 0.29) is 12.2 Å². The van der Waals surface area contributed by atoms with Gasteiger partial charge in [0.05, 0.1) is 17.7 Å². The smallest absolute Gasteiger partial charge is 0.357 e. The van der Waals surface area contributed by atoms with Crippen LogP contribution in [0.25, 0.3) is 10.9 Å². The summed E-state index contributed by atoms with van der Waals surface area (Å²) in [5.41, 5.74) is -0.857. The number of halogens is 1. The second-order valence-electron chi connectivity index (χ2n) is 4.79. The Labute approximate surface area is 102 Å². The third kappa shape index (κ3) is 2.33. The average molecular weight is 252 g/mol. The van der Waals surface area contributed by atoms with E-state index in [0.29, 0.717) is 10.9 Å². The van der Waals surface area contributed by atoms with E-state index in [9.17, 15) is 14.3 Å². The molecule has 0 amide bonds. The maximum Gasteiger partial charge on any atom is 0.357 e. The van der Waals surface area contributed by atoms with Crippen molar-refractivity contribution >= 4 is 16.9 Å². The van der Waals surface area contributed by atoms with E-state index in [1.807, 2.05) is 0 Å². The van der Waals surface area contributed by atoms with Gasteiger partial charge in [0.15, 0.2) is 5.69 Å². The predicted octanol–water partition coefficient (Wildman–Crippen LogP) is 1.64. The second kappa shape index (κ2) is 4.06. The van der Waals surface area contributed by atoms with E-state index in [4.69, 9.17) is 5.11 Å². The van der Waals surface area contributed by atoms with Gasteiger partial charge in [-0.25, -0.2) is 9.18 Å². The number of aromatic carboxylic acids is 1. The average Bonchev–Trinajstić information content (AvgIpc) is 2.54. The van der Waals surface area contributed by atoms with Crippen molar-refractivity contribution in [3.63, 3.8) is 0 Å². The Kier molecular flexibility index (Phi) is 2.82. The van der Waals surface area contributed by atoms with Gasteiger partial charge in [0.1, 0.15) is 5.82 Å². The van der Waals surface area contributed by atoms with Crippen LogP contribution in [0.15, 0.2) is 18.2 Å². The lowest BCUT2D eigenvalue weighted by Crippen LogP contribution is -2.26. The summed E-state index contributed by atoms with van der Waals surface area (Å²) in [5.74, 6) is -1.66. The Hall–Kier alpha value is -1.95. The number of hydrogen-bond donors (Lipinski definition) is 2. The molecule has 1 heterocycles. The molecule has 1 aromatic carbocycles. The summed E-state index contributed by atoms with van der Waals surface area (Å²) in [7, 11) is 0. The molecule has 96 valence electrons. The van der Waals surface area contributed by atoms with Crippen LogP contribution in [-0.2, 0) is 6.54 Å². The largest absolute Gasteiger partial charge is 0.476 e. The van der Waals surface area contributed by atoms with Crippen LogP contribution < -0.4 is 0 Å². The number of rotatable bonds is 3. The summed E-state index contributed by atoms with van der Waals surface area (Å²) >= 11 is 0. The molecule has 0 aliphatic rings. The zero-order chi connectivity index (χ0) is 13.5. The highest BCUT2D eigenvalue weighted by Crippen LogP contribution is 2.21. The fourth-order valence-corrected chi connectivity index (χ4v) is 1.79. The SMILES string of the molecule is CC(C)(O)Cn1nc(C(=O)O)c2ccc(F)cc21. The van der Waals surface area contributed by atoms with Crippen LogP contribution in [0.4, 0.5) is 4.39 Å². The normalized spacial score (nSPS) is 12.0. The predicted molar refractivity (Wildman–Crippen MR) is 62.9 cm³/mol. The van der Waals surface area contributed by atoms with E-state index in [1.54, 1.807) is 13.8 Å². The van der Waals surface area contributed by atoms with Gasteiger partial charge in [-0.1, -0.05) is 0 Å². The molecule has 2 rings (SSSR count). The summed E-state index contributed by atoms with van der Waals surface area (Å²) in [5, 5.41) is 23.0. The van der Waals surface area contributed by atoms with E-state index >= 15 is 0 Å². The zero-order valence-corrected chi connectivity index (χ0v) is 10.0. The minimum absolute atomic E-state index is 0.0836. The molecule has 0 saturated heterocycles. The molecule has 0 saturated carbocycles. The molecule has 6 heteroatoms. The summed E-state index contributed by atoms with van der Waals surface area (Å²) in [6.45, 7) is 3.22. The van der Waals surface area contributed by atoms with Gasteiger partial charge in [-0.15, -0.1) is 0 Å². The topological polar surface area (TPSA) is 75.3 Å². The van der Waals surface area contributed by atoms with Crippen molar-refractivity contribution in [1.82, 2.24) is 9.78 Å². The lowest BCUT2D eigenvalue weighted by atomic mass is 10.1. The molecule has 0 atom stereocenters. The van der Waals surface area contributed by atoms with Gasteiger partial charge < -0.3 is 10.2 Å². The van der Waals surface area contributed by atoms with Crippen LogP contribution >= 0.6 is 0 Å². The van der Waals surface area contributed by atoms with Gasteiger partial charge >= 0.3 is 5.97 Å². The number of aliphatic hydroxyl groups is 1. The molecule has 1 aromatic heterocycles. The highest BCUT2D eigenvalue weighted by Gasteiger charge is 2.21. The van der Waals surface area contributed by atoms with Gasteiger partial charge in [-0.3, -0.25) is 4.68 Å². The van der Waals surface area contributed by atoms with Gasteiger partial charge in [0, 0.05) is 5.39 Å². The quantitative estimate of drug-likeness (QED) is 0.870. The third-order valence-corrected chi connectivity index (χ3v) is 2.45. The lowest BCUT2D eigenvalue weighted by Gasteiger charge is -2.17. The van der Waals surface area contributed by atoms with Crippen LogP contribution in [-0.4, -0.2) is 31.6 Å². The maximum atomic E-state index is 13.2. The number of carboxylic acid groups (broad SMARTS) is 1. The molecule has 5 nitrogen and oxygen atoms in total. The van der Waals surface area contributed by atoms with Crippen molar-refractivity contribution in [2.24, 2.45) is 0 Å². The molecular weight excluding hydrogens is 239 g/mol. The molecule has 18 heavy (non-hydrogen) atoms. The summed E-state index contributed by atoms with van der Waals surface area (Å²) in [6.07, 6.45) is 0. The fraction of sp³-hybridized carbons (Fsp3) is 0.333. The van der Waals surface area contributed by atoms with Crippen LogP contribution in [0.1, 0.15) is 24.3 Å². The molecule has 2 aromatic rings. The highest BCUT2D eigenvalue weighted by atomic mass is 19.1. The first-order valence-corrected chi connectivity index (χ1v) is 5.40. The minimum Gasteiger partial charge on any atom is -0.476 e. The summed E-state index contributed by atoms with van der Waals surface area (Å²) < 4.78 is 14.5. The number of carboxylic acids is 1. The molecular formula is C12H13FN2O3. The van der Waals surface area contributed by atoms with E-state index in [0.717, 1.165) is 0 Å². The molecule has 0 unspecified atom stereocenters. The zero-order valence-electron chi connectivity index (χ0n) is 10.0. The number of benzene rings is 1. The van der Waals surface area contributed by atoms with Crippen molar-refractivity contribution < 1.29 is 19.4 Å². The highest BCUT2D eigenvalue weighted by molar-refractivity contribution is 6.01. The van der Waals surface area contributed by atoms with Crippen molar-refractivity contribution in [2.75, 3.05) is 0 Å². The Morgan fingerprint density at radius 1 is 1.50 bits per heavy atom. The second-order valence-corrected chi connectivity index (χ2v) is 4.79. The van der Waals surface area contributed by atoms with Crippen molar-refractivity contribution in [1.29, 1.82) is 0 Å². The molecule has 0 spiro atoms. The Bertz CT molecular complexity index is 614. The van der Waals surface area contributed by atoms with Gasteiger partial charge in [0.25, 0.3) is 0 Å². The van der Waals surface area contributed by atoms with E-state index in [1.165, 1.54) is 22.9 Å². The number of hydrogen-bond acceptors (Lipinski definition) is 3.